The minimum atomic E-state index is -1.70. The molecule has 0 fully saturated rings. The monoisotopic (exact) mass is 360 g/mol. The van der Waals surface area contributed by atoms with Crippen LogP contribution >= 0.6 is 0 Å². The number of benzene rings is 3. The average molecular weight is 360 g/mol. The van der Waals surface area contributed by atoms with Gasteiger partial charge < -0.3 is 10.6 Å². The van der Waals surface area contributed by atoms with Crippen LogP contribution in [0.2, 0.25) is 0 Å². The summed E-state index contributed by atoms with van der Waals surface area (Å²) in [6.45, 7) is 0. The lowest BCUT2D eigenvalue weighted by atomic mass is 10.1. The third-order valence-corrected chi connectivity index (χ3v) is 3.56. The zero-order valence-electron chi connectivity index (χ0n) is 13.2. The van der Waals surface area contributed by atoms with Crippen molar-refractivity contribution in [3.8, 4) is 0 Å². The number of carbonyl (C=O) groups is 1. The quantitative estimate of drug-likeness (QED) is 0.494. The van der Waals surface area contributed by atoms with Gasteiger partial charge in [-0.05, 0) is 60.7 Å². The number of rotatable bonds is 4. The van der Waals surface area contributed by atoms with Gasteiger partial charge in [0.2, 0.25) is 0 Å². The standard InChI is InChI=1S/C19H12F4N2O/c20-11-1-3-12(4-2-11)24-13-5-7-14(8-6-13)25-19(26)15-9-10-16(21)18(23)17(15)22/h1-10,24H,(H,25,26). The summed E-state index contributed by atoms with van der Waals surface area (Å²) >= 11 is 0. The van der Waals surface area contributed by atoms with Gasteiger partial charge in [-0.2, -0.15) is 0 Å². The number of hydrogen-bond donors (Lipinski definition) is 2. The normalized spacial score (nSPS) is 10.5. The van der Waals surface area contributed by atoms with Crippen LogP contribution in [-0.4, -0.2) is 5.91 Å². The highest BCUT2D eigenvalue weighted by Crippen LogP contribution is 2.21. The second-order valence-corrected chi connectivity index (χ2v) is 5.39. The van der Waals surface area contributed by atoms with Crippen LogP contribution in [0.3, 0.4) is 0 Å². The van der Waals surface area contributed by atoms with Crippen LogP contribution in [0.4, 0.5) is 34.6 Å². The van der Waals surface area contributed by atoms with E-state index in [0.29, 0.717) is 23.1 Å². The highest BCUT2D eigenvalue weighted by atomic mass is 19.2. The Morgan fingerprint density at radius 3 is 1.81 bits per heavy atom. The maximum atomic E-state index is 13.6. The fourth-order valence-corrected chi connectivity index (χ4v) is 2.24. The van der Waals surface area contributed by atoms with E-state index in [9.17, 15) is 22.4 Å². The van der Waals surface area contributed by atoms with Gasteiger partial charge >= 0.3 is 0 Å². The van der Waals surface area contributed by atoms with Crippen LogP contribution in [0.5, 0.6) is 0 Å². The molecule has 0 spiro atoms. The summed E-state index contributed by atoms with van der Waals surface area (Å²) in [7, 11) is 0. The summed E-state index contributed by atoms with van der Waals surface area (Å²) in [5.41, 5.74) is 1.09. The Hall–Kier alpha value is -3.35. The molecule has 1 amide bonds. The van der Waals surface area contributed by atoms with Gasteiger partial charge in [-0.3, -0.25) is 4.79 Å². The third kappa shape index (κ3) is 3.83. The van der Waals surface area contributed by atoms with Crippen molar-refractivity contribution < 1.29 is 22.4 Å². The van der Waals surface area contributed by atoms with Gasteiger partial charge in [0, 0.05) is 17.1 Å². The van der Waals surface area contributed by atoms with Crippen LogP contribution in [0, 0.1) is 23.3 Å². The smallest absolute Gasteiger partial charge is 0.258 e. The zero-order chi connectivity index (χ0) is 18.7. The molecule has 0 aliphatic heterocycles. The molecule has 0 unspecified atom stereocenters. The lowest BCUT2D eigenvalue weighted by molar-refractivity contribution is 0.102. The molecule has 0 saturated carbocycles. The highest BCUT2D eigenvalue weighted by molar-refractivity contribution is 6.04. The Kier molecular flexibility index (Phi) is 4.88. The van der Waals surface area contributed by atoms with E-state index in [2.05, 4.69) is 10.6 Å². The van der Waals surface area contributed by atoms with Crippen molar-refractivity contribution >= 4 is 23.0 Å². The Morgan fingerprint density at radius 1 is 0.654 bits per heavy atom. The maximum Gasteiger partial charge on any atom is 0.258 e. The van der Waals surface area contributed by atoms with E-state index in [-0.39, 0.29) is 5.82 Å². The molecule has 0 atom stereocenters. The Balaban J connectivity index is 1.70. The molecule has 3 rings (SSSR count). The van der Waals surface area contributed by atoms with Crippen LogP contribution in [0.1, 0.15) is 10.4 Å². The first kappa shape index (κ1) is 17.5. The molecule has 3 aromatic rings. The van der Waals surface area contributed by atoms with Gasteiger partial charge in [-0.1, -0.05) is 0 Å². The number of amides is 1. The predicted molar refractivity (Wildman–Crippen MR) is 90.4 cm³/mol. The first-order chi connectivity index (χ1) is 12.4. The van der Waals surface area contributed by atoms with Crippen LogP contribution in [0.25, 0.3) is 0 Å². The SMILES string of the molecule is O=C(Nc1ccc(Nc2ccc(F)cc2)cc1)c1ccc(F)c(F)c1F. The number of carbonyl (C=O) groups excluding carboxylic acids is 1. The molecule has 0 bridgehead atoms. The minimum absolute atomic E-state index is 0.337. The van der Waals surface area contributed by atoms with Crippen LogP contribution in [0.15, 0.2) is 60.7 Å². The van der Waals surface area contributed by atoms with Crippen molar-refractivity contribution in [2.24, 2.45) is 0 Å². The van der Waals surface area contributed by atoms with E-state index < -0.39 is 28.9 Å². The molecular formula is C19H12F4N2O. The summed E-state index contributed by atoms with van der Waals surface area (Å²) in [5.74, 6) is -5.86. The number of hydrogen-bond acceptors (Lipinski definition) is 2. The first-order valence-electron chi connectivity index (χ1n) is 7.51. The molecular weight excluding hydrogens is 348 g/mol. The Morgan fingerprint density at radius 2 is 1.19 bits per heavy atom. The molecule has 0 radical (unpaired) electrons. The van der Waals surface area contributed by atoms with Gasteiger partial charge in [0.15, 0.2) is 17.5 Å². The molecule has 3 nitrogen and oxygen atoms in total. The summed E-state index contributed by atoms with van der Waals surface area (Å²) in [4.78, 5) is 12.0. The van der Waals surface area contributed by atoms with Gasteiger partial charge in [-0.25, -0.2) is 17.6 Å². The Labute approximate surface area is 146 Å². The first-order valence-corrected chi connectivity index (χ1v) is 7.51. The van der Waals surface area contributed by atoms with Crippen molar-refractivity contribution in [1.82, 2.24) is 0 Å². The van der Waals surface area contributed by atoms with E-state index in [1.165, 1.54) is 12.1 Å². The molecule has 132 valence electrons. The second kappa shape index (κ2) is 7.26. The van der Waals surface area contributed by atoms with Gasteiger partial charge in [0.1, 0.15) is 5.82 Å². The number of halogens is 4. The van der Waals surface area contributed by atoms with Crippen molar-refractivity contribution in [2.45, 2.75) is 0 Å². The van der Waals surface area contributed by atoms with Crippen LogP contribution in [-0.2, 0) is 0 Å². The van der Waals surface area contributed by atoms with Gasteiger partial charge in [-0.15, -0.1) is 0 Å². The van der Waals surface area contributed by atoms with Crippen molar-refractivity contribution in [1.29, 1.82) is 0 Å². The lowest BCUT2D eigenvalue weighted by Gasteiger charge is -2.09. The van der Waals surface area contributed by atoms with Crippen molar-refractivity contribution in [3.63, 3.8) is 0 Å². The highest BCUT2D eigenvalue weighted by Gasteiger charge is 2.18. The summed E-state index contributed by atoms with van der Waals surface area (Å²) in [6, 6.07) is 13.7. The zero-order valence-corrected chi connectivity index (χ0v) is 13.2. The largest absolute Gasteiger partial charge is 0.356 e. The molecule has 7 heteroatoms. The van der Waals surface area contributed by atoms with E-state index >= 15 is 0 Å². The molecule has 2 N–H and O–H groups in total. The summed E-state index contributed by atoms with van der Waals surface area (Å²) in [5, 5.41) is 5.43. The summed E-state index contributed by atoms with van der Waals surface area (Å²) in [6.07, 6.45) is 0. The fraction of sp³-hybridized carbons (Fsp3) is 0. The number of nitrogens with one attached hydrogen (secondary N) is 2. The molecule has 0 heterocycles. The lowest BCUT2D eigenvalue weighted by Crippen LogP contribution is -2.15. The molecule has 26 heavy (non-hydrogen) atoms. The molecule has 0 aliphatic rings. The van der Waals surface area contributed by atoms with Crippen LogP contribution < -0.4 is 10.6 Å². The second-order valence-electron chi connectivity index (χ2n) is 5.39. The van der Waals surface area contributed by atoms with Crippen molar-refractivity contribution in [2.75, 3.05) is 10.6 Å². The third-order valence-electron chi connectivity index (χ3n) is 3.56. The van der Waals surface area contributed by atoms with Gasteiger partial charge in [0.25, 0.3) is 5.91 Å². The molecule has 0 aliphatic carbocycles. The topological polar surface area (TPSA) is 41.1 Å². The maximum absolute atomic E-state index is 13.6. The van der Waals surface area contributed by atoms with Gasteiger partial charge in [0.05, 0.1) is 5.56 Å². The summed E-state index contributed by atoms with van der Waals surface area (Å²) < 4.78 is 52.6. The minimum Gasteiger partial charge on any atom is -0.356 e. The van der Waals surface area contributed by atoms with Crippen molar-refractivity contribution in [3.05, 3.63) is 89.5 Å². The molecule has 0 saturated heterocycles. The fourth-order valence-electron chi connectivity index (χ4n) is 2.24. The average Bonchev–Trinajstić information content (AvgIpc) is 2.63. The van der Waals surface area contributed by atoms with E-state index in [1.54, 1.807) is 36.4 Å². The number of anilines is 3. The predicted octanol–water partition coefficient (Wildman–Crippen LogP) is 5.24. The van der Waals surface area contributed by atoms with E-state index in [4.69, 9.17) is 0 Å². The van der Waals surface area contributed by atoms with E-state index in [0.717, 1.165) is 6.07 Å². The molecule has 0 aromatic heterocycles. The molecule has 3 aromatic carbocycles. The Bertz CT molecular complexity index is 941. The van der Waals surface area contributed by atoms with E-state index in [1.807, 2.05) is 0 Å².